The zero-order chi connectivity index (χ0) is 16.4. The molecule has 0 fully saturated rings. The number of hydrogen-bond donors (Lipinski definition) is 0. The van der Waals surface area contributed by atoms with Gasteiger partial charge in [0, 0.05) is 11.1 Å². The van der Waals surface area contributed by atoms with E-state index in [0.29, 0.717) is 0 Å². The van der Waals surface area contributed by atoms with Crippen molar-refractivity contribution in [3.8, 4) is 22.9 Å². The van der Waals surface area contributed by atoms with Gasteiger partial charge in [0.1, 0.15) is 16.1 Å². The second-order valence-corrected chi connectivity index (χ2v) is 17.2. The average Bonchev–Trinajstić information content (AvgIpc) is 2.40. The molecule has 0 aliphatic rings. The van der Waals surface area contributed by atoms with Gasteiger partial charge in [0.15, 0.2) is 0 Å². The van der Waals surface area contributed by atoms with Crippen LogP contribution in [0.25, 0.3) is 10.8 Å². The summed E-state index contributed by atoms with van der Waals surface area (Å²) in [6.07, 6.45) is 0. The van der Waals surface area contributed by atoms with Crippen LogP contribution in [0.1, 0.15) is 11.1 Å². The molecule has 2 heteroatoms. The summed E-state index contributed by atoms with van der Waals surface area (Å²) in [5, 5.41) is 2.47. The molecule has 0 radical (unpaired) electrons. The first-order chi connectivity index (χ1) is 10.1. The van der Waals surface area contributed by atoms with E-state index in [1.54, 1.807) is 0 Å². The Bertz CT molecular complexity index is 740. The van der Waals surface area contributed by atoms with E-state index in [9.17, 15) is 0 Å². The maximum atomic E-state index is 3.47. The number of rotatable bonds is 0. The molecule has 2 aromatic carbocycles. The van der Waals surface area contributed by atoms with Gasteiger partial charge < -0.3 is 0 Å². The summed E-state index contributed by atoms with van der Waals surface area (Å²) in [6, 6.07) is 12.8. The Kier molecular flexibility index (Phi) is 4.66. The number of fused-ring (bicyclic) bond motifs is 1. The van der Waals surface area contributed by atoms with Crippen molar-refractivity contribution in [3.05, 3.63) is 47.5 Å². The fourth-order valence-corrected chi connectivity index (χ4v) is 2.98. The molecule has 0 unspecified atom stereocenters. The molecule has 112 valence electrons. The molecule has 0 amide bonds. The minimum absolute atomic E-state index is 1.08. The highest BCUT2D eigenvalue weighted by Crippen LogP contribution is 2.19. The van der Waals surface area contributed by atoms with Crippen LogP contribution < -0.4 is 0 Å². The van der Waals surface area contributed by atoms with E-state index < -0.39 is 16.1 Å². The summed E-state index contributed by atoms with van der Waals surface area (Å²) >= 11 is 0. The molecule has 22 heavy (non-hydrogen) atoms. The van der Waals surface area contributed by atoms with E-state index >= 15 is 0 Å². The van der Waals surface area contributed by atoms with Crippen molar-refractivity contribution >= 4 is 26.9 Å². The van der Waals surface area contributed by atoms with Crippen molar-refractivity contribution in [2.75, 3.05) is 0 Å². The van der Waals surface area contributed by atoms with Crippen LogP contribution in [-0.2, 0) is 0 Å². The number of benzene rings is 2. The van der Waals surface area contributed by atoms with E-state index in [1.807, 2.05) is 0 Å². The highest BCUT2D eigenvalue weighted by atomic mass is 28.3. The third kappa shape index (κ3) is 4.91. The summed E-state index contributed by atoms with van der Waals surface area (Å²) in [5.74, 6) is 6.81. The predicted octanol–water partition coefficient (Wildman–Crippen LogP) is 5.30. The van der Waals surface area contributed by atoms with Crippen molar-refractivity contribution < 1.29 is 0 Å². The lowest BCUT2D eigenvalue weighted by Gasteiger charge is -2.07. The van der Waals surface area contributed by atoms with Crippen LogP contribution in [-0.4, -0.2) is 16.1 Å². The van der Waals surface area contributed by atoms with Gasteiger partial charge in [0.25, 0.3) is 0 Å². The summed E-state index contributed by atoms with van der Waals surface area (Å²) in [5.41, 5.74) is 9.10. The lowest BCUT2D eigenvalue weighted by Crippen LogP contribution is -2.16. The third-order valence-electron chi connectivity index (χ3n) is 3.03. The first kappa shape index (κ1) is 16.6. The summed E-state index contributed by atoms with van der Waals surface area (Å²) in [4.78, 5) is 0. The lowest BCUT2D eigenvalue weighted by molar-refractivity contribution is 1.63. The molecular formula is C20H24Si2. The third-order valence-corrected chi connectivity index (χ3v) is 4.78. The smallest absolute Gasteiger partial charge is 0.127 e. The van der Waals surface area contributed by atoms with E-state index in [-0.39, 0.29) is 0 Å². The molecule has 2 rings (SSSR count). The summed E-state index contributed by atoms with van der Waals surface area (Å²) in [7, 11) is -2.78. The van der Waals surface area contributed by atoms with E-state index in [2.05, 4.69) is 98.6 Å². The van der Waals surface area contributed by atoms with Crippen molar-refractivity contribution in [3.63, 3.8) is 0 Å². The van der Waals surface area contributed by atoms with Crippen LogP contribution in [0.4, 0.5) is 0 Å². The Labute approximate surface area is 137 Å². The van der Waals surface area contributed by atoms with Crippen LogP contribution in [0.3, 0.4) is 0 Å². The Balaban J connectivity index is 2.63. The van der Waals surface area contributed by atoms with Gasteiger partial charge in [0.05, 0.1) is 0 Å². The lowest BCUT2D eigenvalue weighted by atomic mass is 10.0. The van der Waals surface area contributed by atoms with Gasteiger partial charge >= 0.3 is 0 Å². The molecule has 0 bridgehead atoms. The summed E-state index contributed by atoms with van der Waals surface area (Å²) < 4.78 is 0. The number of hydrogen-bond acceptors (Lipinski definition) is 0. The minimum Gasteiger partial charge on any atom is -0.127 e. The quantitative estimate of drug-likeness (QED) is 0.456. The van der Waals surface area contributed by atoms with Crippen molar-refractivity contribution in [2.45, 2.75) is 39.3 Å². The molecule has 0 spiro atoms. The SMILES string of the molecule is C[Si](C)(C)C#Cc1cc2ccccc2cc1C#C[Si](C)(C)C. The molecule has 0 nitrogen and oxygen atoms in total. The minimum atomic E-state index is -1.39. The standard InChI is InChI=1S/C20H24Si2/c1-21(2,3)13-11-19-15-17-9-7-8-10-18(17)16-20(19)12-14-22(4,5)6/h7-10,15-16H,1-6H3. The van der Waals surface area contributed by atoms with Gasteiger partial charge in [-0.1, -0.05) is 75.4 Å². The molecule has 0 aliphatic carbocycles. The Hall–Kier alpha value is -1.75. The van der Waals surface area contributed by atoms with Crippen LogP contribution in [0, 0.1) is 22.9 Å². The molecule has 0 atom stereocenters. The molecule has 0 aromatic heterocycles. The van der Waals surface area contributed by atoms with Crippen LogP contribution in [0.5, 0.6) is 0 Å². The second-order valence-electron chi connectivity index (χ2n) is 7.74. The zero-order valence-electron chi connectivity index (χ0n) is 14.5. The molecular weight excluding hydrogens is 296 g/mol. The largest absolute Gasteiger partial charge is 0.129 e. The predicted molar refractivity (Wildman–Crippen MR) is 104 cm³/mol. The molecule has 0 saturated carbocycles. The van der Waals surface area contributed by atoms with Crippen LogP contribution >= 0.6 is 0 Å². The van der Waals surface area contributed by atoms with Gasteiger partial charge in [-0.15, -0.1) is 11.1 Å². The maximum Gasteiger partial charge on any atom is 0.129 e. The van der Waals surface area contributed by atoms with Gasteiger partial charge in [-0.3, -0.25) is 0 Å². The topological polar surface area (TPSA) is 0 Å². The molecule has 0 aliphatic heterocycles. The molecule has 2 aromatic rings. The van der Waals surface area contributed by atoms with E-state index in [0.717, 1.165) is 11.1 Å². The fraction of sp³-hybridized carbons (Fsp3) is 0.300. The molecule has 0 saturated heterocycles. The maximum absolute atomic E-state index is 3.47. The van der Waals surface area contributed by atoms with Gasteiger partial charge in [0.2, 0.25) is 0 Å². The van der Waals surface area contributed by atoms with Gasteiger partial charge in [-0.05, 0) is 22.9 Å². The summed E-state index contributed by atoms with van der Waals surface area (Å²) in [6.45, 7) is 13.6. The second kappa shape index (κ2) is 6.17. The van der Waals surface area contributed by atoms with Crippen molar-refractivity contribution in [1.29, 1.82) is 0 Å². The Morgan fingerprint density at radius 1 is 0.636 bits per heavy atom. The molecule has 0 heterocycles. The monoisotopic (exact) mass is 320 g/mol. The van der Waals surface area contributed by atoms with Crippen LogP contribution in [0.15, 0.2) is 36.4 Å². The van der Waals surface area contributed by atoms with Crippen molar-refractivity contribution in [1.82, 2.24) is 0 Å². The molecule has 0 N–H and O–H groups in total. The Morgan fingerprint density at radius 3 is 1.32 bits per heavy atom. The Morgan fingerprint density at radius 2 is 1.00 bits per heavy atom. The first-order valence-electron chi connectivity index (χ1n) is 7.73. The normalized spacial score (nSPS) is 11.4. The van der Waals surface area contributed by atoms with Crippen molar-refractivity contribution in [2.24, 2.45) is 0 Å². The average molecular weight is 321 g/mol. The highest BCUT2D eigenvalue weighted by Gasteiger charge is 2.10. The zero-order valence-corrected chi connectivity index (χ0v) is 16.5. The fourth-order valence-electron chi connectivity index (χ4n) is 1.96. The van der Waals surface area contributed by atoms with Gasteiger partial charge in [-0.2, -0.15) is 0 Å². The van der Waals surface area contributed by atoms with Crippen LogP contribution in [0.2, 0.25) is 39.3 Å². The van der Waals surface area contributed by atoms with Gasteiger partial charge in [-0.25, -0.2) is 0 Å². The first-order valence-corrected chi connectivity index (χ1v) is 14.7. The highest BCUT2D eigenvalue weighted by molar-refractivity contribution is 6.84. The van der Waals surface area contributed by atoms with E-state index in [4.69, 9.17) is 0 Å². The van der Waals surface area contributed by atoms with E-state index in [1.165, 1.54) is 10.8 Å².